The normalized spacial score (nSPS) is 32.8. The smallest absolute Gasteiger partial charge is 0.192 e. The van der Waals surface area contributed by atoms with Gasteiger partial charge in [0.05, 0.1) is 23.9 Å². The van der Waals surface area contributed by atoms with Crippen LogP contribution < -0.4 is 0 Å². The minimum atomic E-state index is -1.97. The van der Waals surface area contributed by atoms with Crippen molar-refractivity contribution >= 4 is 39.2 Å². The van der Waals surface area contributed by atoms with E-state index in [9.17, 15) is 0 Å². The van der Waals surface area contributed by atoms with Crippen LogP contribution in [0.25, 0.3) is 0 Å². The SMILES string of the molecule is CO[C@@]1(CC[C@@H]2C[C@H](CCO[Si](C)(C)C(C)(C)C)OC(C)(C)O2)C[C@@](C)(O[Si](C)(C)C(C)(C)C)C[C@H](CI)O1. The fourth-order valence-corrected chi connectivity index (χ4v) is 8.68. The lowest BCUT2D eigenvalue weighted by Gasteiger charge is -2.53. The van der Waals surface area contributed by atoms with E-state index in [1.807, 2.05) is 13.8 Å². The van der Waals surface area contributed by atoms with Gasteiger partial charge in [-0.3, -0.25) is 0 Å². The first-order chi connectivity index (χ1) is 17.5. The van der Waals surface area contributed by atoms with Crippen LogP contribution in [0.2, 0.25) is 36.3 Å². The molecule has 0 N–H and O–H groups in total. The minimum absolute atomic E-state index is 0.0785. The number of halogens is 1. The van der Waals surface area contributed by atoms with Crippen molar-refractivity contribution in [2.45, 2.75) is 173 Å². The molecule has 39 heavy (non-hydrogen) atoms. The van der Waals surface area contributed by atoms with Crippen molar-refractivity contribution < 1.29 is 27.8 Å². The summed E-state index contributed by atoms with van der Waals surface area (Å²) in [7, 11) is -1.96. The van der Waals surface area contributed by atoms with Crippen LogP contribution in [-0.4, -0.2) is 70.3 Å². The molecule has 0 aromatic rings. The summed E-state index contributed by atoms with van der Waals surface area (Å²) in [5, 5.41) is 0.354. The summed E-state index contributed by atoms with van der Waals surface area (Å²) in [4.78, 5) is 0. The maximum absolute atomic E-state index is 7.07. The van der Waals surface area contributed by atoms with Gasteiger partial charge in [0.1, 0.15) is 0 Å². The van der Waals surface area contributed by atoms with Crippen LogP contribution in [0.15, 0.2) is 0 Å². The van der Waals surface area contributed by atoms with Gasteiger partial charge in [0.2, 0.25) is 0 Å². The summed E-state index contributed by atoms with van der Waals surface area (Å²) in [5.74, 6) is -1.30. The van der Waals surface area contributed by atoms with Crippen molar-refractivity contribution in [1.29, 1.82) is 0 Å². The molecule has 0 spiro atoms. The Morgan fingerprint density at radius 3 is 1.85 bits per heavy atom. The Labute approximate surface area is 256 Å². The number of rotatable bonds is 11. The quantitative estimate of drug-likeness (QED) is 0.122. The lowest BCUT2D eigenvalue weighted by atomic mass is 9.84. The predicted octanol–water partition coefficient (Wildman–Crippen LogP) is 8.83. The molecule has 2 rings (SSSR count). The van der Waals surface area contributed by atoms with Crippen LogP contribution in [0.5, 0.6) is 0 Å². The molecule has 0 aliphatic carbocycles. The monoisotopic (exact) mass is 700 g/mol. The highest BCUT2D eigenvalue weighted by Crippen LogP contribution is 2.47. The molecule has 5 atom stereocenters. The topological polar surface area (TPSA) is 55.4 Å². The Balaban J connectivity index is 2.10. The minimum Gasteiger partial charge on any atom is -0.417 e. The van der Waals surface area contributed by atoms with Crippen molar-refractivity contribution in [1.82, 2.24) is 0 Å². The van der Waals surface area contributed by atoms with E-state index in [0.717, 1.165) is 49.6 Å². The third-order valence-electron chi connectivity index (χ3n) is 9.52. The van der Waals surface area contributed by atoms with Crippen LogP contribution in [0.1, 0.15) is 101 Å². The number of ether oxygens (including phenoxy) is 4. The zero-order valence-electron chi connectivity index (χ0n) is 27.7. The van der Waals surface area contributed by atoms with Gasteiger partial charge in [0.25, 0.3) is 0 Å². The van der Waals surface area contributed by atoms with Crippen LogP contribution in [0.3, 0.4) is 0 Å². The number of alkyl halides is 1. The summed E-state index contributed by atoms with van der Waals surface area (Å²) in [6.45, 7) is 30.1. The number of methoxy groups -OCH3 is 1. The Kier molecular flexibility index (Phi) is 11.9. The van der Waals surface area contributed by atoms with Crippen molar-refractivity contribution in [3.63, 3.8) is 0 Å². The maximum atomic E-state index is 7.07. The summed E-state index contributed by atoms with van der Waals surface area (Å²) < 4.78 is 40.1. The molecule has 232 valence electrons. The van der Waals surface area contributed by atoms with E-state index in [4.69, 9.17) is 27.8 Å². The van der Waals surface area contributed by atoms with Gasteiger partial charge in [0.15, 0.2) is 28.2 Å². The fraction of sp³-hybridized carbons (Fsp3) is 1.00. The van der Waals surface area contributed by atoms with Gasteiger partial charge in [-0.15, -0.1) is 0 Å². The molecule has 0 radical (unpaired) electrons. The van der Waals surface area contributed by atoms with Crippen LogP contribution in [-0.2, 0) is 27.8 Å². The Morgan fingerprint density at radius 1 is 0.821 bits per heavy atom. The van der Waals surface area contributed by atoms with Gasteiger partial charge in [-0.2, -0.15) is 0 Å². The first-order valence-electron chi connectivity index (χ1n) is 15.0. The predicted molar refractivity (Wildman–Crippen MR) is 175 cm³/mol. The lowest BCUT2D eigenvalue weighted by Crippen LogP contribution is -2.58. The largest absolute Gasteiger partial charge is 0.417 e. The zero-order valence-corrected chi connectivity index (χ0v) is 31.9. The number of hydrogen-bond donors (Lipinski definition) is 0. The second-order valence-electron chi connectivity index (χ2n) is 15.8. The molecule has 2 aliphatic rings. The highest BCUT2D eigenvalue weighted by Gasteiger charge is 2.52. The van der Waals surface area contributed by atoms with Gasteiger partial charge < -0.3 is 27.8 Å². The van der Waals surface area contributed by atoms with Gasteiger partial charge in [-0.05, 0) is 69.9 Å². The van der Waals surface area contributed by atoms with Gasteiger partial charge in [-0.25, -0.2) is 0 Å². The first kappa shape index (κ1) is 36.1. The standard InChI is InChI=1S/C30H61IO6Si2/c1-26(2,3)38(11,12)33-18-16-24-19-23(34-28(7,8)35-24)15-17-30(32-10)22-29(9,20-25(21-31)36-30)37-39(13,14)27(4,5)6/h23-25H,15-22H2,1-14H3/t23-,24+,25-,29+,30-/m1/s1. The molecule has 0 saturated carbocycles. The highest BCUT2D eigenvalue weighted by molar-refractivity contribution is 14.1. The summed E-state index contributed by atoms with van der Waals surface area (Å²) in [6.07, 6.45) is 5.27. The summed E-state index contributed by atoms with van der Waals surface area (Å²) in [6, 6.07) is 0. The Bertz CT molecular complexity index is 793. The van der Waals surface area contributed by atoms with Gasteiger partial charge in [0, 0.05) is 43.8 Å². The fourth-order valence-electron chi connectivity index (χ4n) is 5.43. The Morgan fingerprint density at radius 2 is 1.36 bits per heavy atom. The molecule has 0 aromatic heterocycles. The molecular formula is C30H61IO6Si2. The molecule has 0 unspecified atom stereocenters. The van der Waals surface area contributed by atoms with Crippen molar-refractivity contribution in [3.05, 3.63) is 0 Å². The van der Waals surface area contributed by atoms with Crippen LogP contribution >= 0.6 is 22.6 Å². The van der Waals surface area contributed by atoms with Gasteiger partial charge in [-0.1, -0.05) is 64.1 Å². The average Bonchev–Trinajstić information content (AvgIpc) is 2.74. The molecule has 6 nitrogen and oxygen atoms in total. The molecule has 2 heterocycles. The second-order valence-corrected chi connectivity index (χ2v) is 26.2. The van der Waals surface area contributed by atoms with E-state index in [0.29, 0.717) is 0 Å². The summed E-state index contributed by atoms with van der Waals surface area (Å²) in [5.41, 5.74) is -0.285. The van der Waals surface area contributed by atoms with E-state index in [1.54, 1.807) is 7.11 Å². The molecular weight excluding hydrogens is 639 g/mol. The molecule has 0 amide bonds. The van der Waals surface area contributed by atoms with Crippen molar-refractivity contribution in [2.24, 2.45) is 0 Å². The maximum Gasteiger partial charge on any atom is 0.192 e. The molecule has 2 aliphatic heterocycles. The van der Waals surface area contributed by atoms with Crippen molar-refractivity contribution in [2.75, 3.05) is 18.1 Å². The van der Waals surface area contributed by atoms with Crippen molar-refractivity contribution in [3.8, 4) is 0 Å². The Hall–Kier alpha value is 0.924. The molecule has 2 saturated heterocycles. The third-order valence-corrected chi connectivity index (χ3v) is 19.7. The molecule has 0 aromatic carbocycles. The first-order valence-corrected chi connectivity index (χ1v) is 22.3. The van der Waals surface area contributed by atoms with E-state index < -0.39 is 28.2 Å². The van der Waals surface area contributed by atoms with E-state index >= 15 is 0 Å². The van der Waals surface area contributed by atoms with Crippen LogP contribution in [0.4, 0.5) is 0 Å². The molecule has 9 heteroatoms. The molecule has 0 bridgehead atoms. The average molecular weight is 701 g/mol. The van der Waals surface area contributed by atoms with Gasteiger partial charge >= 0.3 is 0 Å². The highest BCUT2D eigenvalue weighted by atomic mass is 127. The number of hydrogen-bond acceptors (Lipinski definition) is 6. The second kappa shape index (κ2) is 12.9. The molecule has 2 fully saturated rings. The summed E-state index contributed by atoms with van der Waals surface area (Å²) >= 11 is 2.44. The van der Waals surface area contributed by atoms with Crippen LogP contribution in [0, 0.1) is 0 Å². The van der Waals surface area contributed by atoms with E-state index in [2.05, 4.69) is 97.2 Å². The van der Waals surface area contributed by atoms with E-state index in [1.165, 1.54) is 0 Å². The lowest BCUT2D eigenvalue weighted by molar-refractivity contribution is -0.317. The third kappa shape index (κ3) is 9.98. The van der Waals surface area contributed by atoms with E-state index in [-0.39, 0.29) is 34.0 Å². The zero-order chi connectivity index (χ0) is 30.1.